The van der Waals surface area contributed by atoms with Gasteiger partial charge in [-0.25, -0.2) is 0 Å². The lowest BCUT2D eigenvalue weighted by molar-refractivity contribution is -0.128. The van der Waals surface area contributed by atoms with E-state index in [2.05, 4.69) is 17.2 Å². The third-order valence-corrected chi connectivity index (χ3v) is 3.98. The van der Waals surface area contributed by atoms with Gasteiger partial charge in [-0.15, -0.1) is 11.3 Å². The van der Waals surface area contributed by atoms with Crippen LogP contribution in [0.3, 0.4) is 0 Å². The lowest BCUT2D eigenvalue weighted by Gasteiger charge is -2.20. The molecule has 2 rings (SSSR count). The van der Waals surface area contributed by atoms with E-state index < -0.39 is 0 Å². The Labute approximate surface area is 116 Å². The molecule has 1 saturated heterocycles. The molecule has 1 aromatic rings. The Kier molecular flexibility index (Phi) is 5.40. The molecule has 1 aliphatic rings. The van der Waals surface area contributed by atoms with Crippen molar-refractivity contribution in [1.82, 2.24) is 5.32 Å². The Balaban J connectivity index is 1.81. The molecule has 5 heteroatoms. The highest BCUT2D eigenvalue weighted by molar-refractivity contribution is 7.12. The minimum Gasteiger partial charge on any atom is -0.384 e. The highest BCUT2D eigenvalue weighted by atomic mass is 32.1. The number of ether oxygens (including phenoxy) is 1. The van der Waals surface area contributed by atoms with E-state index in [-0.39, 0.29) is 18.4 Å². The normalized spacial score (nSPS) is 15.6. The SMILES string of the molecule is O=C(NCc1ccc(C#CCO)s1)C1CCOCC1. The molecule has 0 unspecified atom stereocenters. The van der Waals surface area contributed by atoms with Crippen LogP contribution in [0.15, 0.2) is 12.1 Å². The van der Waals surface area contributed by atoms with Crippen LogP contribution in [0.4, 0.5) is 0 Å². The van der Waals surface area contributed by atoms with E-state index in [0.29, 0.717) is 19.8 Å². The Morgan fingerprint density at radius 1 is 1.47 bits per heavy atom. The average Bonchev–Trinajstić information content (AvgIpc) is 2.91. The van der Waals surface area contributed by atoms with Crippen LogP contribution in [0, 0.1) is 17.8 Å². The number of hydrogen-bond donors (Lipinski definition) is 2. The second kappa shape index (κ2) is 7.29. The third kappa shape index (κ3) is 4.35. The predicted molar refractivity (Wildman–Crippen MR) is 73.7 cm³/mol. The van der Waals surface area contributed by atoms with Gasteiger partial charge in [0.1, 0.15) is 6.61 Å². The number of carbonyl (C=O) groups excluding carboxylic acids is 1. The predicted octanol–water partition coefficient (Wildman–Crippen LogP) is 1.13. The van der Waals surface area contributed by atoms with Crippen LogP contribution in [0.2, 0.25) is 0 Å². The Hall–Kier alpha value is -1.35. The van der Waals surface area contributed by atoms with Crippen LogP contribution in [0.5, 0.6) is 0 Å². The van der Waals surface area contributed by atoms with Crippen LogP contribution in [0.25, 0.3) is 0 Å². The van der Waals surface area contributed by atoms with Gasteiger partial charge in [-0.2, -0.15) is 0 Å². The average molecular weight is 279 g/mol. The van der Waals surface area contributed by atoms with Crippen molar-refractivity contribution < 1.29 is 14.6 Å². The summed E-state index contributed by atoms with van der Waals surface area (Å²) in [4.78, 5) is 13.9. The van der Waals surface area contributed by atoms with Gasteiger partial charge in [0.15, 0.2) is 0 Å². The fraction of sp³-hybridized carbons (Fsp3) is 0.500. The summed E-state index contributed by atoms with van der Waals surface area (Å²) < 4.78 is 5.24. The maximum Gasteiger partial charge on any atom is 0.223 e. The van der Waals surface area contributed by atoms with Gasteiger partial charge in [-0.05, 0) is 25.0 Å². The summed E-state index contributed by atoms with van der Waals surface area (Å²) in [5.41, 5.74) is 0. The molecular weight excluding hydrogens is 262 g/mol. The lowest BCUT2D eigenvalue weighted by Crippen LogP contribution is -2.33. The van der Waals surface area contributed by atoms with Crippen LogP contribution >= 0.6 is 11.3 Å². The summed E-state index contributed by atoms with van der Waals surface area (Å²) in [5.74, 6) is 5.66. The summed E-state index contributed by atoms with van der Waals surface area (Å²) in [6.45, 7) is 1.77. The van der Waals surface area contributed by atoms with Gasteiger partial charge in [0.2, 0.25) is 5.91 Å². The summed E-state index contributed by atoms with van der Waals surface area (Å²) in [6, 6.07) is 3.86. The Morgan fingerprint density at radius 2 is 2.26 bits per heavy atom. The second-order valence-electron chi connectivity index (χ2n) is 4.33. The fourth-order valence-electron chi connectivity index (χ4n) is 1.95. The molecule has 19 heavy (non-hydrogen) atoms. The fourth-order valence-corrected chi connectivity index (χ4v) is 2.77. The van der Waals surface area contributed by atoms with E-state index in [9.17, 15) is 4.79 Å². The molecule has 0 spiro atoms. The van der Waals surface area contributed by atoms with E-state index in [1.165, 1.54) is 11.3 Å². The molecule has 1 aliphatic heterocycles. The number of rotatable bonds is 3. The van der Waals surface area contributed by atoms with E-state index in [1.807, 2.05) is 12.1 Å². The van der Waals surface area contributed by atoms with Gasteiger partial charge in [-0.3, -0.25) is 4.79 Å². The van der Waals surface area contributed by atoms with E-state index >= 15 is 0 Å². The van der Waals surface area contributed by atoms with Gasteiger partial charge >= 0.3 is 0 Å². The zero-order chi connectivity index (χ0) is 13.5. The summed E-state index contributed by atoms with van der Waals surface area (Å²) in [7, 11) is 0. The first kappa shape index (κ1) is 14.1. The van der Waals surface area contributed by atoms with Crippen molar-refractivity contribution in [2.24, 2.45) is 5.92 Å². The quantitative estimate of drug-likeness (QED) is 0.816. The van der Waals surface area contributed by atoms with Crippen LogP contribution < -0.4 is 5.32 Å². The molecule has 0 atom stereocenters. The van der Waals surface area contributed by atoms with E-state index in [0.717, 1.165) is 22.6 Å². The topological polar surface area (TPSA) is 58.6 Å². The summed E-state index contributed by atoms with van der Waals surface area (Å²) in [6.07, 6.45) is 1.62. The zero-order valence-corrected chi connectivity index (χ0v) is 11.5. The zero-order valence-electron chi connectivity index (χ0n) is 10.6. The van der Waals surface area contributed by atoms with E-state index in [1.54, 1.807) is 0 Å². The summed E-state index contributed by atoms with van der Waals surface area (Å²) in [5, 5.41) is 11.6. The first-order chi connectivity index (χ1) is 9.29. The van der Waals surface area contributed by atoms with Gasteiger partial charge in [0.25, 0.3) is 0 Å². The van der Waals surface area contributed by atoms with E-state index in [4.69, 9.17) is 9.84 Å². The van der Waals surface area contributed by atoms with Crippen molar-refractivity contribution in [3.8, 4) is 11.8 Å². The maximum absolute atomic E-state index is 11.9. The number of aliphatic hydroxyl groups is 1. The van der Waals surface area contributed by atoms with Crippen LogP contribution in [-0.4, -0.2) is 30.8 Å². The Morgan fingerprint density at radius 3 is 3.00 bits per heavy atom. The molecule has 0 radical (unpaired) electrons. The number of aliphatic hydroxyl groups excluding tert-OH is 1. The number of amides is 1. The molecule has 1 aromatic heterocycles. The monoisotopic (exact) mass is 279 g/mol. The number of nitrogens with one attached hydrogen (secondary N) is 1. The number of thiophene rings is 1. The molecule has 0 aliphatic carbocycles. The maximum atomic E-state index is 11.9. The van der Waals surface area contributed by atoms with Gasteiger partial charge in [0.05, 0.1) is 11.4 Å². The third-order valence-electron chi connectivity index (χ3n) is 2.98. The molecule has 0 aromatic carbocycles. The molecule has 1 amide bonds. The van der Waals surface area contributed by atoms with Gasteiger partial charge in [-0.1, -0.05) is 11.8 Å². The van der Waals surface area contributed by atoms with Crippen molar-refractivity contribution in [1.29, 1.82) is 0 Å². The summed E-state index contributed by atoms with van der Waals surface area (Å²) >= 11 is 1.54. The van der Waals surface area contributed by atoms with Crippen molar-refractivity contribution in [2.45, 2.75) is 19.4 Å². The molecule has 4 nitrogen and oxygen atoms in total. The minimum atomic E-state index is -0.131. The first-order valence-corrected chi connectivity index (χ1v) is 7.15. The van der Waals surface area contributed by atoms with Gasteiger partial charge in [0, 0.05) is 24.0 Å². The first-order valence-electron chi connectivity index (χ1n) is 6.33. The van der Waals surface area contributed by atoms with Crippen molar-refractivity contribution in [3.63, 3.8) is 0 Å². The van der Waals surface area contributed by atoms with Crippen molar-refractivity contribution in [3.05, 3.63) is 21.9 Å². The molecule has 0 bridgehead atoms. The molecule has 0 saturated carbocycles. The molecule has 2 N–H and O–H groups in total. The molecule has 2 heterocycles. The Bertz CT molecular complexity index is 480. The highest BCUT2D eigenvalue weighted by Gasteiger charge is 2.21. The number of hydrogen-bond acceptors (Lipinski definition) is 4. The smallest absolute Gasteiger partial charge is 0.223 e. The van der Waals surface area contributed by atoms with Crippen molar-refractivity contribution in [2.75, 3.05) is 19.8 Å². The van der Waals surface area contributed by atoms with Crippen LogP contribution in [0.1, 0.15) is 22.6 Å². The second-order valence-corrected chi connectivity index (χ2v) is 5.50. The van der Waals surface area contributed by atoms with Gasteiger partial charge < -0.3 is 15.2 Å². The lowest BCUT2D eigenvalue weighted by atomic mass is 9.99. The molecular formula is C14H17NO3S. The van der Waals surface area contributed by atoms with Crippen LogP contribution in [-0.2, 0) is 16.1 Å². The highest BCUT2D eigenvalue weighted by Crippen LogP contribution is 2.17. The number of carbonyl (C=O) groups is 1. The molecule has 102 valence electrons. The minimum absolute atomic E-state index is 0.0855. The van der Waals surface area contributed by atoms with Crippen molar-refractivity contribution >= 4 is 17.2 Å². The standard InChI is InChI=1S/C14H17NO3S/c16-7-1-2-12-3-4-13(19-12)10-15-14(17)11-5-8-18-9-6-11/h3-4,11,16H,5-10H2,(H,15,17). The molecule has 1 fully saturated rings. The largest absolute Gasteiger partial charge is 0.384 e.